The van der Waals surface area contributed by atoms with Gasteiger partial charge in [0.1, 0.15) is 18.0 Å². The summed E-state index contributed by atoms with van der Waals surface area (Å²) in [5.41, 5.74) is 1.18. The molecule has 0 spiro atoms. The quantitative estimate of drug-likeness (QED) is 0.433. The monoisotopic (exact) mass is 482 g/mol. The minimum absolute atomic E-state index is 0.0914. The van der Waals surface area contributed by atoms with E-state index in [1.54, 1.807) is 42.5 Å². The lowest BCUT2D eigenvalue weighted by Crippen LogP contribution is -2.41. The van der Waals surface area contributed by atoms with E-state index in [1.165, 1.54) is 12.1 Å². The van der Waals surface area contributed by atoms with Crippen molar-refractivity contribution in [2.75, 3.05) is 24.1 Å². The summed E-state index contributed by atoms with van der Waals surface area (Å²) in [4.78, 5) is 13.1. The zero-order valence-electron chi connectivity index (χ0n) is 19.6. The first-order valence-corrected chi connectivity index (χ1v) is 12.6. The van der Waals surface area contributed by atoms with Crippen LogP contribution in [0.15, 0.2) is 83.8 Å². The molecule has 7 nitrogen and oxygen atoms in total. The van der Waals surface area contributed by atoms with Crippen LogP contribution in [0.4, 0.5) is 5.69 Å². The predicted octanol–water partition coefficient (Wildman–Crippen LogP) is 4.56. The highest BCUT2D eigenvalue weighted by Crippen LogP contribution is 2.32. The minimum atomic E-state index is -4.03. The van der Waals surface area contributed by atoms with Crippen molar-refractivity contribution in [3.8, 4) is 11.5 Å². The number of anilines is 1. The maximum Gasteiger partial charge on any atom is 0.264 e. The SMILES string of the molecule is CCOc1ccc([C@H](C)NC(=O)CN(c2ccccc2OCC)S(=O)(=O)c2ccccc2)cc1. The first-order chi connectivity index (χ1) is 16.4. The summed E-state index contributed by atoms with van der Waals surface area (Å²) in [5, 5.41) is 2.90. The van der Waals surface area contributed by atoms with Crippen molar-refractivity contribution in [3.05, 3.63) is 84.4 Å². The van der Waals surface area contributed by atoms with Gasteiger partial charge in [-0.05, 0) is 62.7 Å². The van der Waals surface area contributed by atoms with Gasteiger partial charge in [-0.2, -0.15) is 0 Å². The van der Waals surface area contributed by atoms with Crippen LogP contribution >= 0.6 is 0 Å². The van der Waals surface area contributed by atoms with Gasteiger partial charge in [-0.15, -0.1) is 0 Å². The van der Waals surface area contributed by atoms with Crippen LogP contribution in [0.3, 0.4) is 0 Å². The number of carbonyl (C=O) groups excluding carboxylic acids is 1. The standard InChI is InChI=1S/C26H30N2O5S/c1-4-32-22-17-15-21(16-18-22)20(3)27-26(29)19-28(24-13-9-10-14-25(24)33-5-2)34(30,31)23-11-7-6-8-12-23/h6-18,20H,4-5,19H2,1-3H3,(H,27,29)/t20-/m0/s1. The molecular weight excluding hydrogens is 452 g/mol. The fourth-order valence-corrected chi connectivity index (χ4v) is 4.93. The lowest BCUT2D eigenvalue weighted by molar-refractivity contribution is -0.120. The summed E-state index contributed by atoms with van der Waals surface area (Å²) in [5.74, 6) is 0.696. The number of para-hydroxylation sites is 2. The van der Waals surface area contributed by atoms with E-state index in [0.717, 1.165) is 15.6 Å². The van der Waals surface area contributed by atoms with E-state index >= 15 is 0 Å². The van der Waals surface area contributed by atoms with E-state index in [1.807, 2.05) is 45.0 Å². The smallest absolute Gasteiger partial charge is 0.264 e. The Bertz CT molecular complexity index is 1180. The molecule has 3 aromatic carbocycles. The molecule has 1 atom stereocenters. The van der Waals surface area contributed by atoms with Gasteiger partial charge >= 0.3 is 0 Å². The van der Waals surface area contributed by atoms with Gasteiger partial charge in [0.05, 0.1) is 29.8 Å². The molecular formula is C26H30N2O5S. The average molecular weight is 483 g/mol. The van der Waals surface area contributed by atoms with Crippen LogP contribution in [-0.2, 0) is 14.8 Å². The Morgan fingerprint density at radius 2 is 1.50 bits per heavy atom. The summed E-state index contributed by atoms with van der Waals surface area (Å²) in [6.07, 6.45) is 0. The van der Waals surface area contributed by atoms with Gasteiger partial charge in [0.15, 0.2) is 0 Å². The molecule has 0 aliphatic heterocycles. The third-order valence-electron chi connectivity index (χ3n) is 5.12. The van der Waals surface area contributed by atoms with Gasteiger partial charge in [-0.1, -0.05) is 42.5 Å². The van der Waals surface area contributed by atoms with Gasteiger partial charge in [0.2, 0.25) is 5.91 Å². The maximum atomic E-state index is 13.6. The van der Waals surface area contributed by atoms with Crippen LogP contribution in [0.2, 0.25) is 0 Å². The summed E-state index contributed by atoms with van der Waals surface area (Å²) >= 11 is 0. The van der Waals surface area contributed by atoms with Gasteiger partial charge in [0, 0.05) is 0 Å². The number of nitrogens with one attached hydrogen (secondary N) is 1. The van der Waals surface area contributed by atoms with Gasteiger partial charge in [-0.25, -0.2) is 8.42 Å². The molecule has 3 aromatic rings. The van der Waals surface area contributed by atoms with E-state index in [0.29, 0.717) is 24.7 Å². The van der Waals surface area contributed by atoms with Crippen LogP contribution in [0, 0.1) is 0 Å². The van der Waals surface area contributed by atoms with E-state index in [4.69, 9.17) is 9.47 Å². The topological polar surface area (TPSA) is 84.9 Å². The fraction of sp³-hybridized carbons (Fsp3) is 0.269. The molecule has 1 N–H and O–H groups in total. The average Bonchev–Trinajstić information content (AvgIpc) is 2.84. The Hall–Kier alpha value is -3.52. The maximum absolute atomic E-state index is 13.6. The molecule has 0 saturated heterocycles. The number of hydrogen-bond acceptors (Lipinski definition) is 5. The summed E-state index contributed by atoms with van der Waals surface area (Å²) < 4.78 is 39.3. The first-order valence-electron chi connectivity index (χ1n) is 11.2. The largest absolute Gasteiger partial charge is 0.494 e. The van der Waals surface area contributed by atoms with Gasteiger partial charge < -0.3 is 14.8 Å². The highest BCUT2D eigenvalue weighted by Gasteiger charge is 2.29. The number of sulfonamides is 1. The van der Waals surface area contributed by atoms with E-state index in [9.17, 15) is 13.2 Å². The molecule has 34 heavy (non-hydrogen) atoms. The normalized spacial score (nSPS) is 12.0. The molecule has 0 saturated carbocycles. The number of hydrogen-bond donors (Lipinski definition) is 1. The number of amides is 1. The van der Waals surface area contributed by atoms with Crippen LogP contribution < -0.4 is 19.1 Å². The summed E-state index contributed by atoms with van der Waals surface area (Å²) in [6.45, 7) is 6.10. The Morgan fingerprint density at radius 1 is 0.882 bits per heavy atom. The molecule has 3 rings (SSSR count). The van der Waals surface area contributed by atoms with Gasteiger partial charge in [-0.3, -0.25) is 9.10 Å². The molecule has 0 aliphatic rings. The molecule has 180 valence electrons. The first kappa shape index (κ1) is 25.1. The molecule has 0 aromatic heterocycles. The second-order valence-electron chi connectivity index (χ2n) is 7.52. The lowest BCUT2D eigenvalue weighted by Gasteiger charge is -2.26. The number of benzene rings is 3. The van der Waals surface area contributed by atoms with Crippen molar-refractivity contribution in [1.82, 2.24) is 5.32 Å². The second-order valence-corrected chi connectivity index (χ2v) is 9.38. The third-order valence-corrected chi connectivity index (χ3v) is 6.89. The molecule has 0 aliphatic carbocycles. The van der Waals surface area contributed by atoms with Crippen molar-refractivity contribution in [2.45, 2.75) is 31.7 Å². The molecule has 8 heteroatoms. The summed E-state index contributed by atoms with van der Waals surface area (Å²) in [6, 6.07) is 21.9. The van der Waals surface area contributed by atoms with Crippen molar-refractivity contribution in [1.29, 1.82) is 0 Å². The zero-order chi connectivity index (χ0) is 24.6. The van der Waals surface area contributed by atoms with Crippen LogP contribution in [0.1, 0.15) is 32.4 Å². The number of carbonyl (C=O) groups is 1. The Kier molecular flexibility index (Phi) is 8.54. The molecule has 0 unspecified atom stereocenters. The van der Waals surface area contributed by atoms with Gasteiger partial charge in [0.25, 0.3) is 10.0 Å². The van der Waals surface area contributed by atoms with Crippen molar-refractivity contribution >= 4 is 21.6 Å². The van der Waals surface area contributed by atoms with E-state index in [2.05, 4.69) is 5.32 Å². The zero-order valence-corrected chi connectivity index (χ0v) is 20.4. The number of ether oxygens (including phenoxy) is 2. The second kappa shape index (κ2) is 11.6. The molecule has 0 bridgehead atoms. The minimum Gasteiger partial charge on any atom is -0.494 e. The summed E-state index contributed by atoms with van der Waals surface area (Å²) in [7, 11) is -4.03. The Morgan fingerprint density at radius 3 is 2.15 bits per heavy atom. The van der Waals surface area contributed by atoms with Crippen molar-refractivity contribution < 1.29 is 22.7 Å². The Labute approximate surface area is 201 Å². The Balaban J connectivity index is 1.88. The van der Waals surface area contributed by atoms with Crippen molar-refractivity contribution in [3.63, 3.8) is 0 Å². The molecule has 0 fully saturated rings. The van der Waals surface area contributed by atoms with E-state index in [-0.39, 0.29) is 10.9 Å². The number of rotatable bonds is 11. The van der Waals surface area contributed by atoms with E-state index < -0.39 is 22.5 Å². The lowest BCUT2D eigenvalue weighted by atomic mass is 10.1. The molecule has 1 amide bonds. The third kappa shape index (κ3) is 6.08. The van der Waals surface area contributed by atoms with Crippen LogP contribution in [0.25, 0.3) is 0 Å². The van der Waals surface area contributed by atoms with Crippen molar-refractivity contribution in [2.24, 2.45) is 0 Å². The van der Waals surface area contributed by atoms with Crippen LogP contribution in [-0.4, -0.2) is 34.1 Å². The molecule has 0 heterocycles. The highest BCUT2D eigenvalue weighted by atomic mass is 32.2. The predicted molar refractivity (Wildman–Crippen MR) is 133 cm³/mol. The van der Waals surface area contributed by atoms with Crippen LogP contribution in [0.5, 0.6) is 11.5 Å². The number of nitrogens with zero attached hydrogens (tertiary/aromatic N) is 1. The molecule has 0 radical (unpaired) electrons. The fourth-order valence-electron chi connectivity index (χ4n) is 3.48. The highest BCUT2D eigenvalue weighted by molar-refractivity contribution is 7.92.